The van der Waals surface area contributed by atoms with Gasteiger partial charge in [0.1, 0.15) is 11.5 Å². The van der Waals surface area contributed by atoms with E-state index < -0.39 is 47.3 Å². The predicted octanol–water partition coefficient (Wildman–Crippen LogP) is 6.21. The van der Waals surface area contributed by atoms with E-state index in [1.54, 1.807) is 0 Å². The van der Waals surface area contributed by atoms with Crippen LogP contribution >= 0.6 is 0 Å². The number of benzene rings is 3. The highest BCUT2D eigenvalue weighted by atomic mass is 19.4. The average Bonchev–Trinajstić information content (AvgIpc) is 2.71. The fraction of sp³-hybridized carbons (Fsp3) is 0.0909. The van der Waals surface area contributed by atoms with Gasteiger partial charge in [0.25, 0.3) is 0 Å². The van der Waals surface area contributed by atoms with E-state index in [1.807, 2.05) is 0 Å². The first-order valence-corrected chi connectivity index (χ1v) is 9.10. The summed E-state index contributed by atoms with van der Waals surface area (Å²) >= 11 is 0. The molecule has 0 saturated heterocycles. The van der Waals surface area contributed by atoms with E-state index in [0.29, 0.717) is 12.1 Å². The third-order valence-corrected chi connectivity index (χ3v) is 4.39. The molecule has 0 unspecified atom stereocenters. The summed E-state index contributed by atoms with van der Waals surface area (Å²) in [6.07, 6.45) is -10.1. The third-order valence-electron chi connectivity index (χ3n) is 4.39. The number of halogens is 6. The van der Waals surface area contributed by atoms with Gasteiger partial charge in [0.05, 0.1) is 11.1 Å². The van der Waals surface area contributed by atoms with Crippen LogP contribution in [0.1, 0.15) is 20.7 Å². The Hall–Kier alpha value is -4.22. The van der Waals surface area contributed by atoms with E-state index in [2.05, 4.69) is 9.47 Å². The minimum Gasteiger partial charge on any atom is -0.478 e. The largest absolute Gasteiger partial charge is 0.573 e. The summed E-state index contributed by atoms with van der Waals surface area (Å²) in [6, 6.07) is 11.0. The van der Waals surface area contributed by atoms with Crippen LogP contribution in [0.25, 0.3) is 22.3 Å². The Balaban J connectivity index is 2.08. The van der Waals surface area contributed by atoms with E-state index in [4.69, 9.17) is 0 Å². The maximum atomic E-state index is 12.5. The Morgan fingerprint density at radius 2 is 1.00 bits per heavy atom. The lowest BCUT2D eigenvalue weighted by Gasteiger charge is -2.14. The van der Waals surface area contributed by atoms with Crippen molar-refractivity contribution in [1.82, 2.24) is 0 Å². The summed E-state index contributed by atoms with van der Waals surface area (Å²) in [5.41, 5.74) is -0.658. The zero-order chi connectivity index (χ0) is 25.3. The van der Waals surface area contributed by atoms with Crippen LogP contribution in [0, 0.1) is 0 Å². The molecule has 0 bridgehead atoms. The van der Waals surface area contributed by atoms with Crippen LogP contribution in [0.5, 0.6) is 11.5 Å². The van der Waals surface area contributed by atoms with Crippen LogP contribution in [-0.4, -0.2) is 34.9 Å². The van der Waals surface area contributed by atoms with Crippen molar-refractivity contribution >= 4 is 11.9 Å². The third kappa shape index (κ3) is 5.97. The number of carboxylic acid groups (broad SMARTS) is 2. The Morgan fingerprint density at radius 1 is 0.618 bits per heavy atom. The predicted molar refractivity (Wildman–Crippen MR) is 105 cm³/mol. The van der Waals surface area contributed by atoms with Crippen molar-refractivity contribution < 1.29 is 55.6 Å². The second kappa shape index (κ2) is 8.96. The lowest BCUT2D eigenvalue weighted by Crippen LogP contribution is -2.17. The number of carboxylic acids is 2. The van der Waals surface area contributed by atoms with E-state index >= 15 is 0 Å². The number of carbonyl (C=O) groups is 2. The van der Waals surface area contributed by atoms with Crippen LogP contribution in [0.3, 0.4) is 0 Å². The summed E-state index contributed by atoms with van der Waals surface area (Å²) in [5, 5.41) is 18.9. The smallest absolute Gasteiger partial charge is 0.478 e. The number of rotatable bonds is 6. The summed E-state index contributed by atoms with van der Waals surface area (Å²) in [4.78, 5) is 23.3. The quantitative estimate of drug-likeness (QED) is 0.402. The van der Waals surface area contributed by atoms with Gasteiger partial charge >= 0.3 is 24.7 Å². The first-order chi connectivity index (χ1) is 15.7. The summed E-state index contributed by atoms with van der Waals surface area (Å²) in [7, 11) is 0. The number of hydrogen-bond donors (Lipinski definition) is 2. The molecule has 178 valence electrons. The highest BCUT2D eigenvalue weighted by Crippen LogP contribution is 2.35. The standard InChI is InChI=1S/C22H12F6O6/c23-21(24,25)33-13-4-6-15(17(9-13)19(29)30)11-2-1-3-12(8-11)16-7-5-14(34-22(26,27)28)10-18(16)20(31)32/h1-10H,(H,29,30)(H,31,32). The van der Waals surface area contributed by atoms with E-state index in [1.165, 1.54) is 24.3 Å². The molecule has 0 aliphatic heterocycles. The van der Waals surface area contributed by atoms with Crippen LogP contribution in [0.4, 0.5) is 26.3 Å². The summed E-state index contributed by atoms with van der Waals surface area (Å²) in [6.45, 7) is 0. The highest BCUT2D eigenvalue weighted by molar-refractivity contribution is 5.99. The fourth-order valence-corrected chi connectivity index (χ4v) is 3.15. The van der Waals surface area contributed by atoms with Gasteiger partial charge in [-0.05, 0) is 64.7 Å². The second-order valence-corrected chi connectivity index (χ2v) is 6.70. The SMILES string of the molecule is O=C(O)c1cc(OC(F)(F)F)ccc1-c1cccc(-c2ccc(OC(F)(F)F)cc2C(=O)O)c1. The van der Waals surface area contributed by atoms with Gasteiger partial charge in [-0.3, -0.25) is 0 Å². The van der Waals surface area contributed by atoms with Crippen LogP contribution in [0.2, 0.25) is 0 Å². The maximum Gasteiger partial charge on any atom is 0.573 e. The van der Waals surface area contributed by atoms with E-state index in [9.17, 15) is 46.1 Å². The second-order valence-electron chi connectivity index (χ2n) is 6.70. The molecular formula is C22H12F6O6. The molecule has 0 atom stereocenters. The molecule has 0 heterocycles. The normalized spacial score (nSPS) is 11.7. The molecule has 0 aromatic heterocycles. The van der Waals surface area contributed by atoms with Gasteiger partial charge in [0.2, 0.25) is 0 Å². The van der Waals surface area contributed by atoms with Gasteiger partial charge in [-0.1, -0.05) is 18.2 Å². The van der Waals surface area contributed by atoms with Gasteiger partial charge in [-0.15, -0.1) is 26.3 Å². The topological polar surface area (TPSA) is 93.1 Å². The lowest BCUT2D eigenvalue weighted by molar-refractivity contribution is -0.275. The molecule has 34 heavy (non-hydrogen) atoms. The molecule has 0 amide bonds. The number of alkyl halides is 6. The average molecular weight is 486 g/mol. The number of ether oxygens (including phenoxy) is 2. The van der Waals surface area contributed by atoms with Gasteiger partial charge in [-0.2, -0.15) is 0 Å². The van der Waals surface area contributed by atoms with Crippen LogP contribution < -0.4 is 9.47 Å². The zero-order valence-corrected chi connectivity index (χ0v) is 16.6. The molecule has 0 saturated carbocycles. The van der Waals surface area contributed by atoms with Crippen molar-refractivity contribution in [2.24, 2.45) is 0 Å². The van der Waals surface area contributed by atoms with Gasteiger partial charge in [0, 0.05) is 0 Å². The van der Waals surface area contributed by atoms with Crippen molar-refractivity contribution in [2.45, 2.75) is 12.7 Å². The molecule has 0 aliphatic carbocycles. The van der Waals surface area contributed by atoms with Crippen molar-refractivity contribution in [3.05, 3.63) is 71.8 Å². The van der Waals surface area contributed by atoms with Crippen molar-refractivity contribution in [3.63, 3.8) is 0 Å². The Kier molecular flexibility index (Phi) is 6.44. The molecule has 3 rings (SSSR count). The Morgan fingerprint density at radius 3 is 1.32 bits per heavy atom. The molecule has 0 aliphatic rings. The van der Waals surface area contributed by atoms with Crippen LogP contribution in [0.15, 0.2) is 60.7 Å². The highest BCUT2D eigenvalue weighted by Gasteiger charge is 2.32. The van der Waals surface area contributed by atoms with Gasteiger partial charge in [-0.25, -0.2) is 9.59 Å². The maximum absolute atomic E-state index is 12.5. The molecule has 6 nitrogen and oxygen atoms in total. The van der Waals surface area contributed by atoms with E-state index in [0.717, 1.165) is 24.3 Å². The zero-order valence-electron chi connectivity index (χ0n) is 16.6. The van der Waals surface area contributed by atoms with Gasteiger partial charge in [0.15, 0.2) is 0 Å². The molecule has 0 spiro atoms. The minimum atomic E-state index is -5.04. The first-order valence-electron chi connectivity index (χ1n) is 9.10. The van der Waals surface area contributed by atoms with Crippen molar-refractivity contribution in [2.75, 3.05) is 0 Å². The molecular weight excluding hydrogens is 474 g/mol. The Labute approximate surface area is 186 Å². The van der Waals surface area contributed by atoms with E-state index in [-0.39, 0.29) is 22.3 Å². The van der Waals surface area contributed by atoms with Crippen molar-refractivity contribution in [3.8, 4) is 33.8 Å². The molecule has 3 aromatic carbocycles. The summed E-state index contributed by atoms with van der Waals surface area (Å²) < 4.78 is 82.3. The fourth-order valence-electron chi connectivity index (χ4n) is 3.15. The molecule has 0 radical (unpaired) electrons. The summed E-state index contributed by atoms with van der Waals surface area (Å²) in [5.74, 6) is -4.60. The van der Waals surface area contributed by atoms with Crippen LogP contribution in [-0.2, 0) is 0 Å². The van der Waals surface area contributed by atoms with Gasteiger partial charge < -0.3 is 19.7 Å². The van der Waals surface area contributed by atoms with Crippen molar-refractivity contribution in [1.29, 1.82) is 0 Å². The number of hydrogen-bond acceptors (Lipinski definition) is 4. The lowest BCUT2D eigenvalue weighted by atomic mass is 9.93. The number of aromatic carboxylic acids is 2. The minimum absolute atomic E-state index is 0.00206. The first kappa shape index (κ1) is 24.4. The monoisotopic (exact) mass is 486 g/mol. The Bertz CT molecular complexity index is 1160. The molecule has 2 N–H and O–H groups in total. The molecule has 3 aromatic rings. The molecule has 12 heteroatoms. The molecule has 0 fully saturated rings.